The second kappa shape index (κ2) is 4.34. The highest BCUT2D eigenvalue weighted by atomic mass is 16.5. The molecule has 1 aliphatic heterocycles. The maximum Gasteiger partial charge on any atom is 0.120 e. The number of ether oxygens (including phenoxy) is 1. The van der Waals surface area contributed by atoms with Gasteiger partial charge in [-0.05, 0) is 63.3 Å². The lowest BCUT2D eigenvalue weighted by Crippen LogP contribution is -2.33. The van der Waals surface area contributed by atoms with Crippen LogP contribution in [0.15, 0.2) is 24.3 Å². The lowest BCUT2D eigenvalue weighted by atomic mass is 9.90. The summed E-state index contributed by atoms with van der Waals surface area (Å²) in [7, 11) is 0. The van der Waals surface area contributed by atoms with Crippen molar-refractivity contribution >= 4 is 0 Å². The van der Waals surface area contributed by atoms with Crippen LogP contribution in [-0.4, -0.2) is 12.6 Å². The largest absolute Gasteiger partial charge is 0.490 e. The minimum atomic E-state index is 0.152. The molecule has 1 unspecified atom stereocenters. The van der Waals surface area contributed by atoms with Gasteiger partial charge < -0.3 is 10.1 Å². The molecule has 3 rings (SSSR count). The fraction of sp³-hybridized carbons (Fsp3) is 0.600. The van der Waals surface area contributed by atoms with Gasteiger partial charge in [0.15, 0.2) is 0 Å². The minimum absolute atomic E-state index is 0.152. The molecule has 0 amide bonds. The van der Waals surface area contributed by atoms with E-state index in [4.69, 9.17) is 4.74 Å². The zero-order valence-corrected chi connectivity index (χ0v) is 10.5. The van der Waals surface area contributed by atoms with Crippen molar-refractivity contribution in [1.82, 2.24) is 5.32 Å². The van der Waals surface area contributed by atoms with Gasteiger partial charge in [0.25, 0.3) is 0 Å². The normalized spacial score (nSPS) is 29.0. The molecule has 2 fully saturated rings. The molecule has 17 heavy (non-hydrogen) atoms. The molecule has 1 saturated heterocycles. The summed E-state index contributed by atoms with van der Waals surface area (Å²) in [5.41, 5.74) is 1.52. The van der Waals surface area contributed by atoms with Crippen molar-refractivity contribution in [2.24, 2.45) is 0 Å². The Morgan fingerprint density at radius 2 is 2.18 bits per heavy atom. The first-order chi connectivity index (χ1) is 8.26. The summed E-state index contributed by atoms with van der Waals surface area (Å²) in [5.74, 6) is 1.04. The maximum atomic E-state index is 5.97. The molecule has 1 aromatic carbocycles. The quantitative estimate of drug-likeness (QED) is 0.862. The fourth-order valence-corrected chi connectivity index (χ4v) is 2.73. The third kappa shape index (κ3) is 2.19. The number of nitrogens with one attached hydrogen (secondary N) is 1. The molecule has 1 aliphatic carbocycles. The van der Waals surface area contributed by atoms with Crippen LogP contribution < -0.4 is 10.1 Å². The number of hydrogen-bond donors (Lipinski definition) is 1. The van der Waals surface area contributed by atoms with Gasteiger partial charge in [-0.2, -0.15) is 0 Å². The zero-order chi connectivity index (χ0) is 11.7. The highest BCUT2D eigenvalue weighted by Crippen LogP contribution is 2.33. The molecule has 1 aromatic rings. The minimum Gasteiger partial charge on any atom is -0.490 e. The molecular weight excluding hydrogens is 210 g/mol. The average molecular weight is 231 g/mol. The lowest BCUT2D eigenvalue weighted by Gasteiger charge is -2.28. The van der Waals surface area contributed by atoms with Crippen LogP contribution in [-0.2, 0) is 5.54 Å². The molecule has 1 N–H and O–H groups in total. The van der Waals surface area contributed by atoms with Crippen LogP contribution in [0.2, 0.25) is 0 Å². The molecule has 0 radical (unpaired) electrons. The molecule has 0 bridgehead atoms. The Labute approximate surface area is 103 Å². The van der Waals surface area contributed by atoms with E-state index < -0.39 is 0 Å². The van der Waals surface area contributed by atoms with Crippen molar-refractivity contribution in [3.05, 3.63) is 29.8 Å². The Bertz CT molecular complexity index is 392. The molecule has 0 spiro atoms. The van der Waals surface area contributed by atoms with Crippen molar-refractivity contribution < 1.29 is 4.74 Å². The number of rotatable bonds is 3. The Morgan fingerprint density at radius 1 is 1.29 bits per heavy atom. The molecule has 92 valence electrons. The Hall–Kier alpha value is -1.02. The maximum absolute atomic E-state index is 5.97. The fourth-order valence-electron chi connectivity index (χ4n) is 2.73. The monoisotopic (exact) mass is 231 g/mol. The SMILES string of the molecule is CC1(c2cccc(OC3CCC3)c2)CCCN1. The summed E-state index contributed by atoms with van der Waals surface area (Å²) in [6, 6.07) is 8.64. The molecule has 2 nitrogen and oxygen atoms in total. The molecule has 1 heterocycles. The van der Waals surface area contributed by atoms with E-state index in [9.17, 15) is 0 Å². The van der Waals surface area contributed by atoms with Gasteiger partial charge >= 0.3 is 0 Å². The molecule has 2 aliphatic rings. The first-order valence-corrected chi connectivity index (χ1v) is 6.78. The first-order valence-electron chi connectivity index (χ1n) is 6.78. The first kappa shape index (κ1) is 11.1. The van der Waals surface area contributed by atoms with Gasteiger partial charge in [-0.3, -0.25) is 0 Å². The van der Waals surface area contributed by atoms with Crippen LogP contribution in [0.5, 0.6) is 5.75 Å². The van der Waals surface area contributed by atoms with Crippen LogP contribution in [0.1, 0.15) is 44.6 Å². The van der Waals surface area contributed by atoms with Crippen molar-refractivity contribution in [3.63, 3.8) is 0 Å². The second-order valence-electron chi connectivity index (χ2n) is 5.56. The van der Waals surface area contributed by atoms with E-state index in [1.807, 2.05) is 0 Å². The Morgan fingerprint density at radius 3 is 2.82 bits per heavy atom. The van der Waals surface area contributed by atoms with Crippen LogP contribution in [0, 0.1) is 0 Å². The summed E-state index contributed by atoms with van der Waals surface area (Å²) in [6.07, 6.45) is 6.72. The number of hydrogen-bond acceptors (Lipinski definition) is 2. The molecular formula is C15H21NO. The van der Waals surface area contributed by atoms with Gasteiger partial charge in [0.1, 0.15) is 5.75 Å². The number of benzene rings is 1. The van der Waals surface area contributed by atoms with Gasteiger partial charge in [-0.1, -0.05) is 12.1 Å². The van der Waals surface area contributed by atoms with Gasteiger partial charge in [0, 0.05) is 5.54 Å². The zero-order valence-electron chi connectivity index (χ0n) is 10.5. The van der Waals surface area contributed by atoms with Crippen molar-refractivity contribution in [2.75, 3.05) is 6.54 Å². The summed E-state index contributed by atoms with van der Waals surface area (Å²) in [5, 5.41) is 3.60. The predicted octanol–water partition coefficient (Wildman–Crippen LogP) is 3.22. The van der Waals surface area contributed by atoms with E-state index >= 15 is 0 Å². The lowest BCUT2D eigenvalue weighted by molar-refractivity contribution is 0.120. The summed E-state index contributed by atoms with van der Waals surface area (Å²) in [4.78, 5) is 0. The third-order valence-corrected chi connectivity index (χ3v) is 4.19. The van der Waals surface area contributed by atoms with E-state index in [2.05, 4.69) is 36.5 Å². The van der Waals surface area contributed by atoms with E-state index in [1.165, 1.54) is 37.7 Å². The second-order valence-corrected chi connectivity index (χ2v) is 5.56. The standard InChI is InChI=1S/C15H21NO/c1-15(9-4-10-16-15)12-5-2-8-14(11-12)17-13-6-3-7-13/h2,5,8,11,13,16H,3-4,6-7,9-10H2,1H3. The highest BCUT2D eigenvalue weighted by Gasteiger charge is 2.30. The topological polar surface area (TPSA) is 21.3 Å². The van der Waals surface area contributed by atoms with Gasteiger partial charge in [0.05, 0.1) is 6.10 Å². The molecule has 1 saturated carbocycles. The van der Waals surface area contributed by atoms with Gasteiger partial charge in [-0.25, -0.2) is 0 Å². The average Bonchev–Trinajstić information content (AvgIpc) is 2.73. The van der Waals surface area contributed by atoms with Crippen molar-refractivity contribution in [3.8, 4) is 5.75 Å². The van der Waals surface area contributed by atoms with Crippen LogP contribution in [0.4, 0.5) is 0 Å². The Kier molecular flexibility index (Phi) is 2.83. The summed E-state index contributed by atoms with van der Waals surface area (Å²) >= 11 is 0. The molecule has 2 heteroatoms. The molecule has 0 aromatic heterocycles. The van der Waals surface area contributed by atoms with E-state index in [0.717, 1.165) is 12.3 Å². The van der Waals surface area contributed by atoms with E-state index in [0.29, 0.717) is 6.10 Å². The predicted molar refractivity (Wildman–Crippen MR) is 69.3 cm³/mol. The van der Waals surface area contributed by atoms with Crippen molar-refractivity contribution in [2.45, 2.75) is 50.7 Å². The van der Waals surface area contributed by atoms with E-state index in [1.54, 1.807) is 0 Å². The molecule has 1 atom stereocenters. The smallest absolute Gasteiger partial charge is 0.120 e. The van der Waals surface area contributed by atoms with Gasteiger partial charge in [-0.15, -0.1) is 0 Å². The summed E-state index contributed by atoms with van der Waals surface area (Å²) < 4.78 is 5.97. The van der Waals surface area contributed by atoms with E-state index in [-0.39, 0.29) is 5.54 Å². The van der Waals surface area contributed by atoms with Crippen LogP contribution >= 0.6 is 0 Å². The van der Waals surface area contributed by atoms with Crippen molar-refractivity contribution in [1.29, 1.82) is 0 Å². The third-order valence-electron chi connectivity index (χ3n) is 4.19. The van der Waals surface area contributed by atoms with Gasteiger partial charge in [0.2, 0.25) is 0 Å². The highest BCUT2D eigenvalue weighted by molar-refractivity contribution is 5.34. The van der Waals surface area contributed by atoms with Crippen LogP contribution in [0.25, 0.3) is 0 Å². The Balaban J connectivity index is 1.78. The summed E-state index contributed by atoms with van der Waals surface area (Å²) in [6.45, 7) is 3.42. The van der Waals surface area contributed by atoms with Crippen LogP contribution in [0.3, 0.4) is 0 Å².